The standard InChI is InChI=1S/C12H13FN2O/c1-6-4-10-11(5-9(6)13)15-12(14-10)7(2)8(3)16/h4-5,7H,1-3H3,(H,14,15). The summed E-state index contributed by atoms with van der Waals surface area (Å²) in [5.74, 6) is 0.0699. The molecular weight excluding hydrogens is 207 g/mol. The first kappa shape index (κ1) is 10.8. The van der Waals surface area contributed by atoms with Gasteiger partial charge in [0.05, 0.1) is 17.0 Å². The fourth-order valence-corrected chi connectivity index (χ4v) is 1.56. The van der Waals surface area contributed by atoms with E-state index < -0.39 is 0 Å². The molecule has 0 saturated carbocycles. The maximum atomic E-state index is 13.3. The first-order chi connectivity index (χ1) is 7.49. The van der Waals surface area contributed by atoms with Gasteiger partial charge >= 0.3 is 0 Å². The molecule has 2 rings (SSSR count). The molecule has 0 spiro atoms. The highest BCUT2D eigenvalue weighted by Crippen LogP contribution is 2.20. The van der Waals surface area contributed by atoms with Gasteiger partial charge in [0.2, 0.25) is 0 Å². The van der Waals surface area contributed by atoms with Gasteiger partial charge in [0.25, 0.3) is 0 Å². The highest BCUT2D eigenvalue weighted by Gasteiger charge is 2.15. The number of carbonyl (C=O) groups excluding carboxylic acids is 1. The summed E-state index contributed by atoms with van der Waals surface area (Å²) in [6.07, 6.45) is 0. The van der Waals surface area contributed by atoms with E-state index in [2.05, 4.69) is 9.97 Å². The van der Waals surface area contributed by atoms with Gasteiger partial charge in [0.1, 0.15) is 17.4 Å². The quantitative estimate of drug-likeness (QED) is 0.845. The maximum absolute atomic E-state index is 13.3. The van der Waals surface area contributed by atoms with Crippen molar-refractivity contribution < 1.29 is 9.18 Å². The Balaban J connectivity index is 2.56. The van der Waals surface area contributed by atoms with E-state index in [-0.39, 0.29) is 17.5 Å². The molecule has 0 amide bonds. The van der Waals surface area contributed by atoms with Gasteiger partial charge in [-0.1, -0.05) is 0 Å². The zero-order chi connectivity index (χ0) is 11.9. The van der Waals surface area contributed by atoms with E-state index in [0.29, 0.717) is 16.9 Å². The van der Waals surface area contributed by atoms with E-state index in [1.54, 1.807) is 19.9 Å². The third kappa shape index (κ3) is 1.71. The lowest BCUT2D eigenvalue weighted by Crippen LogP contribution is -2.05. The molecule has 84 valence electrons. The van der Waals surface area contributed by atoms with E-state index in [9.17, 15) is 9.18 Å². The summed E-state index contributed by atoms with van der Waals surface area (Å²) in [4.78, 5) is 18.5. The lowest BCUT2D eigenvalue weighted by Gasteiger charge is -2.01. The smallest absolute Gasteiger partial charge is 0.140 e. The van der Waals surface area contributed by atoms with E-state index >= 15 is 0 Å². The molecule has 0 aliphatic carbocycles. The highest BCUT2D eigenvalue weighted by atomic mass is 19.1. The van der Waals surface area contributed by atoms with Crippen LogP contribution in [0.2, 0.25) is 0 Å². The topological polar surface area (TPSA) is 45.8 Å². The lowest BCUT2D eigenvalue weighted by molar-refractivity contribution is -0.118. The molecule has 0 aliphatic rings. The number of nitrogens with one attached hydrogen (secondary N) is 1. The molecule has 2 aromatic rings. The maximum Gasteiger partial charge on any atom is 0.140 e. The molecule has 1 unspecified atom stereocenters. The number of aryl methyl sites for hydroxylation is 1. The average Bonchev–Trinajstić information content (AvgIpc) is 2.60. The Labute approximate surface area is 92.7 Å². The number of halogens is 1. The minimum absolute atomic E-state index is 0.0382. The van der Waals surface area contributed by atoms with Crippen LogP contribution >= 0.6 is 0 Å². The molecule has 1 aromatic heterocycles. The number of nitrogens with zero attached hydrogens (tertiary/aromatic N) is 1. The van der Waals surface area contributed by atoms with E-state index in [1.165, 1.54) is 13.0 Å². The number of Topliss-reactive ketones (excluding diaryl/α,β-unsaturated/α-hetero) is 1. The predicted molar refractivity (Wildman–Crippen MR) is 59.9 cm³/mol. The van der Waals surface area contributed by atoms with Gasteiger partial charge in [-0.15, -0.1) is 0 Å². The van der Waals surface area contributed by atoms with Gasteiger partial charge in [-0.05, 0) is 32.4 Å². The van der Waals surface area contributed by atoms with Crippen LogP contribution in [0.15, 0.2) is 12.1 Å². The second-order valence-electron chi connectivity index (χ2n) is 4.07. The minimum atomic E-state index is -0.282. The Bertz CT molecular complexity index is 520. The Kier molecular flexibility index (Phi) is 2.50. The van der Waals surface area contributed by atoms with Gasteiger partial charge in [0, 0.05) is 6.07 Å². The molecule has 0 saturated heterocycles. The van der Waals surface area contributed by atoms with Crippen molar-refractivity contribution in [3.63, 3.8) is 0 Å². The number of H-pyrrole nitrogens is 1. The van der Waals surface area contributed by atoms with Crippen molar-refractivity contribution in [1.82, 2.24) is 9.97 Å². The molecule has 1 heterocycles. The monoisotopic (exact) mass is 220 g/mol. The van der Waals surface area contributed by atoms with Gasteiger partial charge in [-0.3, -0.25) is 4.79 Å². The van der Waals surface area contributed by atoms with E-state index in [0.717, 1.165) is 5.52 Å². The molecule has 1 N–H and O–H groups in total. The molecule has 16 heavy (non-hydrogen) atoms. The fourth-order valence-electron chi connectivity index (χ4n) is 1.56. The van der Waals surface area contributed by atoms with Crippen molar-refractivity contribution in [2.75, 3.05) is 0 Å². The summed E-state index contributed by atoms with van der Waals surface area (Å²) >= 11 is 0. The van der Waals surface area contributed by atoms with Crippen LogP contribution in [-0.4, -0.2) is 15.8 Å². The second-order valence-corrected chi connectivity index (χ2v) is 4.07. The summed E-state index contributed by atoms with van der Waals surface area (Å²) in [7, 11) is 0. The molecule has 1 aromatic carbocycles. The molecule has 4 heteroatoms. The Hall–Kier alpha value is -1.71. The first-order valence-corrected chi connectivity index (χ1v) is 5.15. The Morgan fingerprint density at radius 2 is 2.19 bits per heavy atom. The number of hydrogen-bond acceptors (Lipinski definition) is 2. The predicted octanol–water partition coefficient (Wildman–Crippen LogP) is 2.70. The number of carbonyl (C=O) groups is 1. The summed E-state index contributed by atoms with van der Waals surface area (Å²) in [6, 6.07) is 3.09. The van der Waals surface area contributed by atoms with Crippen molar-refractivity contribution in [2.45, 2.75) is 26.7 Å². The summed E-state index contributed by atoms with van der Waals surface area (Å²) in [6.45, 7) is 5.00. The number of imidazole rings is 1. The zero-order valence-electron chi connectivity index (χ0n) is 9.47. The van der Waals surface area contributed by atoms with Crippen LogP contribution in [-0.2, 0) is 4.79 Å². The molecule has 0 fully saturated rings. The number of aromatic amines is 1. The molecule has 3 nitrogen and oxygen atoms in total. The van der Waals surface area contributed by atoms with Crippen molar-refractivity contribution in [3.05, 3.63) is 29.3 Å². The molecule has 0 aliphatic heterocycles. The van der Waals surface area contributed by atoms with Gasteiger partial charge < -0.3 is 4.98 Å². The number of rotatable bonds is 2. The van der Waals surface area contributed by atoms with Crippen molar-refractivity contribution in [1.29, 1.82) is 0 Å². The molecule has 0 radical (unpaired) electrons. The summed E-state index contributed by atoms with van der Waals surface area (Å²) in [5.41, 5.74) is 1.89. The Morgan fingerprint density at radius 3 is 2.81 bits per heavy atom. The largest absolute Gasteiger partial charge is 0.341 e. The number of aromatic nitrogens is 2. The van der Waals surface area contributed by atoms with Crippen LogP contribution in [0, 0.1) is 12.7 Å². The SMILES string of the molecule is CC(=O)C(C)c1nc2cc(F)c(C)cc2[nH]1. The number of fused-ring (bicyclic) bond motifs is 1. The fraction of sp³-hybridized carbons (Fsp3) is 0.333. The second kappa shape index (κ2) is 3.70. The lowest BCUT2D eigenvalue weighted by atomic mass is 10.1. The Morgan fingerprint density at radius 1 is 1.50 bits per heavy atom. The molecule has 1 atom stereocenters. The molecular formula is C12H13FN2O. The molecule has 0 bridgehead atoms. The van der Waals surface area contributed by atoms with Crippen molar-refractivity contribution >= 4 is 16.8 Å². The normalized spacial score (nSPS) is 13.0. The van der Waals surface area contributed by atoms with Crippen molar-refractivity contribution in [2.24, 2.45) is 0 Å². The minimum Gasteiger partial charge on any atom is -0.341 e. The van der Waals surface area contributed by atoms with Crippen LogP contribution in [0.1, 0.15) is 31.2 Å². The van der Waals surface area contributed by atoms with E-state index in [4.69, 9.17) is 0 Å². The number of benzene rings is 1. The third-order valence-corrected chi connectivity index (χ3v) is 2.80. The number of ketones is 1. The summed E-state index contributed by atoms with van der Waals surface area (Å²) < 4.78 is 13.3. The first-order valence-electron chi connectivity index (χ1n) is 5.15. The van der Waals surface area contributed by atoms with E-state index in [1.807, 2.05) is 0 Å². The van der Waals surface area contributed by atoms with Crippen LogP contribution < -0.4 is 0 Å². The van der Waals surface area contributed by atoms with Crippen molar-refractivity contribution in [3.8, 4) is 0 Å². The van der Waals surface area contributed by atoms with Gasteiger partial charge in [-0.2, -0.15) is 0 Å². The van der Waals surface area contributed by atoms with Crippen LogP contribution in [0.3, 0.4) is 0 Å². The number of hydrogen-bond donors (Lipinski definition) is 1. The zero-order valence-corrected chi connectivity index (χ0v) is 9.47. The van der Waals surface area contributed by atoms with Gasteiger partial charge in [-0.25, -0.2) is 9.37 Å². The van der Waals surface area contributed by atoms with Crippen LogP contribution in [0.5, 0.6) is 0 Å². The van der Waals surface area contributed by atoms with Crippen LogP contribution in [0.4, 0.5) is 4.39 Å². The third-order valence-electron chi connectivity index (χ3n) is 2.80. The average molecular weight is 220 g/mol. The summed E-state index contributed by atoms with van der Waals surface area (Å²) in [5, 5.41) is 0. The van der Waals surface area contributed by atoms with Crippen LogP contribution in [0.25, 0.3) is 11.0 Å². The van der Waals surface area contributed by atoms with Gasteiger partial charge in [0.15, 0.2) is 0 Å². The highest BCUT2D eigenvalue weighted by molar-refractivity contribution is 5.84.